The van der Waals surface area contributed by atoms with Gasteiger partial charge in [0.2, 0.25) is 29.8 Å². The molecule has 3 rings (SSSR count). The molecule has 9 heteroatoms. The molecule has 0 unspecified atom stereocenters. The van der Waals surface area contributed by atoms with E-state index in [9.17, 15) is 0 Å². The van der Waals surface area contributed by atoms with Crippen LogP contribution in [0.2, 0.25) is 0 Å². The molecule has 4 N–H and O–H groups in total. The number of aliphatic imine (C=N–C) groups is 6. The third-order valence-electron chi connectivity index (χ3n) is 1.98. The molecule has 80 valence electrons. The van der Waals surface area contributed by atoms with Crippen molar-refractivity contribution in [3.63, 3.8) is 0 Å². The smallest absolute Gasteiger partial charge is 0.246 e. The zero-order chi connectivity index (χ0) is 11.3. The molecule has 0 fully saturated rings. The molecule has 16 heavy (non-hydrogen) atoms. The van der Waals surface area contributed by atoms with Gasteiger partial charge in [0.15, 0.2) is 0 Å². The van der Waals surface area contributed by atoms with Crippen LogP contribution in [-0.2, 0) is 0 Å². The molecule has 0 aromatic rings. The van der Waals surface area contributed by atoms with E-state index in [4.69, 9.17) is 11.5 Å². The largest absolute Gasteiger partial charge is 0.368 e. The van der Waals surface area contributed by atoms with Crippen molar-refractivity contribution in [1.82, 2.24) is 4.90 Å². The van der Waals surface area contributed by atoms with Crippen LogP contribution < -0.4 is 11.5 Å². The summed E-state index contributed by atoms with van der Waals surface area (Å²) in [6, 6.07) is 0. The highest BCUT2D eigenvalue weighted by Crippen LogP contribution is 2.14. The lowest BCUT2D eigenvalue weighted by Gasteiger charge is -2.28. The molecule has 0 spiro atoms. The molecule has 0 saturated carbocycles. The van der Waals surface area contributed by atoms with Crippen molar-refractivity contribution in [1.29, 1.82) is 0 Å². The van der Waals surface area contributed by atoms with Crippen LogP contribution in [0.15, 0.2) is 30.0 Å². The van der Waals surface area contributed by atoms with Gasteiger partial charge in [-0.15, -0.1) is 0 Å². The molecule has 0 radical (unpaired) electrons. The zero-order valence-electron chi connectivity index (χ0n) is 8.29. The van der Waals surface area contributed by atoms with E-state index in [2.05, 4.69) is 30.0 Å². The van der Waals surface area contributed by atoms with Crippen molar-refractivity contribution in [2.45, 2.75) is 6.92 Å². The Balaban J connectivity index is 2.24. The van der Waals surface area contributed by atoms with Crippen LogP contribution in [0.25, 0.3) is 0 Å². The lowest BCUT2D eigenvalue weighted by Crippen LogP contribution is -2.49. The number of hydrogen-bond donors (Lipinski definition) is 2. The van der Waals surface area contributed by atoms with E-state index in [0.29, 0.717) is 17.8 Å². The number of nitrogens with zero attached hydrogens (tertiary/aromatic N) is 7. The van der Waals surface area contributed by atoms with E-state index in [1.165, 1.54) is 4.90 Å². The van der Waals surface area contributed by atoms with Crippen LogP contribution in [0, 0.1) is 0 Å². The van der Waals surface area contributed by atoms with Gasteiger partial charge in [-0.2, -0.15) is 30.0 Å². The Morgan fingerprint density at radius 3 is 1.88 bits per heavy atom. The summed E-state index contributed by atoms with van der Waals surface area (Å²) in [6.07, 6.45) is 0. The molecule has 0 aromatic heterocycles. The SMILES string of the molecule is CC1=NC2=NC(N)=NC3=NC(N)=NC(=N1)N23. The number of rotatable bonds is 0. The van der Waals surface area contributed by atoms with Gasteiger partial charge >= 0.3 is 0 Å². The Kier molecular flexibility index (Phi) is 1.48. The minimum atomic E-state index is 0.0810. The van der Waals surface area contributed by atoms with E-state index >= 15 is 0 Å². The average molecular weight is 217 g/mol. The molecule has 0 aliphatic carbocycles. The summed E-state index contributed by atoms with van der Waals surface area (Å²) in [6.45, 7) is 1.73. The van der Waals surface area contributed by atoms with E-state index in [1.54, 1.807) is 6.92 Å². The highest BCUT2D eigenvalue weighted by Gasteiger charge is 2.32. The van der Waals surface area contributed by atoms with Gasteiger partial charge in [-0.3, -0.25) is 0 Å². The van der Waals surface area contributed by atoms with Gasteiger partial charge in [-0.25, -0.2) is 4.90 Å². The van der Waals surface area contributed by atoms with Crippen LogP contribution in [0.4, 0.5) is 0 Å². The zero-order valence-corrected chi connectivity index (χ0v) is 8.29. The first-order valence-corrected chi connectivity index (χ1v) is 4.43. The second-order valence-corrected chi connectivity index (χ2v) is 3.17. The lowest BCUT2D eigenvalue weighted by atomic mass is 10.5. The summed E-state index contributed by atoms with van der Waals surface area (Å²) in [4.78, 5) is 25.5. The fourth-order valence-electron chi connectivity index (χ4n) is 1.42. The van der Waals surface area contributed by atoms with Crippen LogP contribution in [0.3, 0.4) is 0 Å². The van der Waals surface area contributed by atoms with Gasteiger partial charge in [-0.05, 0) is 6.92 Å². The summed E-state index contributed by atoms with van der Waals surface area (Å²) in [5.41, 5.74) is 11.1. The molecule has 3 heterocycles. The molecule has 0 amide bonds. The van der Waals surface area contributed by atoms with Gasteiger partial charge in [0.05, 0.1) is 0 Å². The lowest BCUT2D eigenvalue weighted by molar-refractivity contribution is 0.824. The Morgan fingerprint density at radius 1 is 0.750 bits per heavy atom. The van der Waals surface area contributed by atoms with Crippen LogP contribution >= 0.6 is 0 Å². The monoisotopic (exact) mass is 217 g/mol. The summed E-state index contributed by atoms with van der Waals surface area (Å²) in [7, 11) is 0. The minimum absolute atomic E-state index is 0.0810. The summed E-state index contributed by atoms with van der Waals surface area (Å²) in [5.74, 6) is 1.67. The molecular weight excluding hydrogens is 210 g/mol. The Hall–Kier alpha value is -2.58. The minimum Gasteiger partial charge on any atom is -0.368 e. The normalized spacial score (nSPS) is 22.2. The maximum atomic E-state index is 5.53. The Morgan fingerprint density at radius 2 is 1.25 bits per heavy atom. The summed E-state index contributed by atoms with van der Waals surface area (Å²) >= 11 is 0. The first-order valence-electron chi connectivity index (χ1n) is 4.43. The van der Waals surface area contributed by atoms with Gasteiger partial charge in [-0.1, -0.05) is 0 Å². The van der Waals surface area contributed by atoms with Gasteiger partial charge in [0.25, 0.3) is 0 Å². The fraction of sp³-hybridized carbons (Fsp3) is 0.143. The molecule has 3 aliphatic heterocycles. The van der Waals surface area contributed by atoms with Crippen molar-refractivity contribution < 1.29 is 0 Å². The Bertz CT molecular complexity index is 478. The molecule has 0 atom stereocenters. The van der Waals surface area contributed by atoms with Crippen molar-refractivity contribution in [2.24, 2.45) is 41.4 Å². The molecule has 3 aliphatic rings. The average Bonchev–Trinajstić information content (AvgIpc) is 2.14. The summed E-state index contributed by atoms with van der Waals surface area (Å²) in [5, 5.41) is 0. The standard InChI is InChI=1S/C7H7N9/c1-2-10-5-12-3(8)14-7-15-4(9)13-6(11-2)16(5)7/h1H3,(H4,8,9,10,11,12,13,14,15). The second-order valence-electron chi connectivity index (χ2n) is 3.17. The quantitative estimate of drug-likeness (QED) is 0.509. The Labute approximate surface area is 89.7 Å². The first kappa shape index (κ1) is 8.71. The number of nitrogens with two attached hydrogens (primary N) is 2. The van der Waals surface area contributed by atoms with Crippen LogP contribution in [0.1, 0.15) is 6.92 Å². The molecule has 0 saturated heterocycles. The van der Waals surface area contributed by atoms with Gasteiger partial charge in [0, 0.05) is 0 Å². The topological polar surface area (TPSA) is 129 Å². The van der Waals surface area contributed by atoms with Crippen molar-refractivity contribution in [3.8, 4) is 0 Å². The first-order chi connectivity index (χ1) is 7.63. The van der Waals surface area contributed by atoms with Gasteiger partial charge in [0.1, 0.15) is 5.84 Å². The van der Waals surface area contributed by atoms with E-state index in [-0.39, 0.29) is 17.9 Å². The van der Waals surface area contributed by atoms with Crippen molar-refractivity contribution in [3.05, 3.63) is 0 Å². The maximum Gasteiger partial charge on any atom is 0.246 e. The van der Waals surface area contributed by atoms with Gasteiger partial charge < -0.3 is 11.5 Å². The molecule has 9 nitrogen and oxygen atoms in total. The van der Waals surface area contributed by atoms with Crippen molar-refractivity contribution >= 4 is 35.6 Å². The molecule has 0 aromatic carbocycles. The second kappa shape index (κ2) is 2.72. The van der Waals surface area contributed by atoms with E-state index in [0.717, 1.165) is 0 Å². The maximum absolute atomic E-state index is 5.53. The van der Waals surface area contributed by atoms with E-state index in [1.807, 2.05) is 0 Å². The predicted molar refractivity (Wildman–Crippen MR) is 60.5 cm³/mol. The third kappa shape index (κ3) is 1.11. The highest BCUT2D eigenvalue weighted by atomic mass is 15.5. The van der Waals surface area contributed by atoms with Crippen molar-refractivity contribution in [2.75, 3.05) is 0 Å². The molecular formula is C7H7N9. The fourth-order valence-corrected chi connectivity index (χ4v) is 1.42. The van der Waals surface area contributed by atoms with Crippen LogP contribution in [0.5, 0.6) is 0 Å². The number of guanidine groups is 5. The van der Waals surface area contributed by atoms with Crippen LogP contribution in [-0.4, -0.2) is 40.5 Å². The molecule has 0 bridgehead atoms. The highest BCUT2D eigenvalue weighted by molar-refractivity contribution is 6.29. The third-order valence-corrected chi connectivity index (χ3v) is 1.98. The number of amidine groups is 1. The number of hydrogen-bond acceptors (Lipinski definition) is 9. The van der Waals surface area contributed by atoms with E-state index < -0.39 is 0 Å². The summed E-state index contributed by atoms with van der Waals surface area (Å²) < 4.78 is 0. The predicted octanol–water partition coefficient (Wildman–Crippen LogP) is -1.55.